The number of imidazole rings is 1. The number of hydrogen-bond acceptors (Lipinski definition) is 4. The Bertz CT molecular complexity index is 1210. The van der Waals surface area contributed by atoms with E-state index in [0.29, 0.717) is 6.04 Å². The first-order chi connectivity index (χ1) is 16.6. The van der Waals surface area contributed by atoms with Crippen molar-refractivity contribution >= 4 is 11.6 Å². The average molecular weight is 456 g/mol. The van der Waals surface area contributed by atoms with Crippen LogP contribution in [0.25, 0.3) is 22.4 Å². The maximum absolute atomic E-state index is 12.6. The standard InChI is InChI=1S/C28H33N5O/c1-32-15-3-5-24(32)27-30-23-14-10-20-17-19(9-13-22(20)26(23)31-27)18-7-11-21(12-8-18)29-28(34)25-6-4-16-33(25)2/h7-9,11-13,17,24-25H,3-6,10,14-16H2,1-2H3,(H,29,34)(H,30,31)/t24-,25-/m0/s1. The molecule has 3 aromatic rings. The van der Waals surface area contributed by atoms with Crippen molar-refractivity contribution in [3.8, 4) is 22.4 Å². The first kappa shape index (κ1) is 21.6. The van der Waals surface area contributed by atoms with Crippen molar-refractivity contribution in [3.05, 3.63) is 59.5 Å². The molecule has 0 radical (unpaired) electrons. The Hall–Kier alpha value is -2.96. The van der Waals surface area contributed by atoms with Crippen molar-refractivity contribution < 1.29 is 4.79 Å². The lowest BCUT2D eigenvalue weighted by atomic mass is 9.89. The number of aromatic amines is 1. The van der Waals surface area contributed by atoms with Crippen molar-refractivity contribution in [2.75, 3.05) is 32.5 Å². The molecule has 0 bridgehead atoms. The van der Waals surface area contributed by atoms with Crippen LogP contribution in [0.5, 0.6) is 0 Å². The van der Waals surface area contributed by atoms with E-state index in [0.717, 1.165) is 56.0 Å². The van der Waals surface area contributed by atoms with Gasteiger partial charge in [-0.1, -0.05) is 30.3 Å². The number of likely N-dealkylation sites (N-methyl/N-ethyl adjacent to an activating group) is 1. The molecule has 0 unspecified atom stereocenters. The lowest BCUT2D eigenvalue weighted by Gasteiger charge is -2.19. The third kappa shape index (κ3) is 3.85. The molecule has 1 aromatic heterocycles. The van der Waals surface area contributed by atoms with Crippen molar-refractivity contribution in [3.63, 3.8) is 0 Å². The number of aryl methyl sites for hydroxylation is 2. The van der Waals surface area contributed by atoms with Gasteiger partial charge in [0.1, 0.15) is 5.82 Å². The van der Waals surface area contributed by atoms with Crippen LogP contribution < -0.4 is 5.32 Å². The van der Waals surface area contributed by atoms with Gasteiger partial charge in [0.25, 0.3) is 0 Å². The number of nitrogens with one attached hydrogen (secondary N) is 2. The summed E-state index contributed by atoms with van der Waals surface area (Å²) < 4.78 is 0. The largest absolute Gasteiger partial charge is 0.344 e. The third-order valence-corrected chi connectivity index (χ3v) is 7.95. The molecule has 2 atom stereocenters. The summed E-state index contributed by atoms with van der Waals surface area (Å²) >= 11 is 0. The molecule has 2 fully saturated rings. The molecule has 2 N–H and O–H groups in total. The van der Waals surface area contributed by atoms with Gasteiger partial charge in [-0.05, 0) is 94.5 Å². The number of anilines is 1. The third-order valence-electron chi connectivity index (χ3n) is 7.95. The molecule has 1 aliphatic carbocycles. The molecule has 6 nitrogen and oxygen atoms in total. The van der Waals surface area contributed by atoms with Gasteiger partial charge in [0.05, 0.1) is 17.8 Å². The summed E-state index contributed by atoms with van der Waals surface area (Å²) in [6.07, 6.45) is 6.49. The zero-order valence-electron chi connectivity index (χ0n) is 20.1. The Balaban J connectivity index is 1.20. The van der Waals surface area contributed by atoms with Crippen LogP contribution in [-0.2, 0) is 17.6 Å². The Morgan fingerprint density at radius 3 is 2.47 bits per heavy atom. The summed E-state index contributed by atoms with van der Waals surface area (Å²) in [5, 5.41) is 3.09. The van der Waals surface area contributed by atoms with Crippen LogP contribution in [0.4, 0.5) is 5.69 Å². The fourth-order valence-corrected chi connectivity index (χ4v) is 5.93. The van der Waals surface area contributed by atoms with Crippen LogP contribution >= 0.6 is 0 Å². The van der Waals surface area contributed by atoms with Crippen LogP contribution in [0.1, 0.15) is 48.8 Å². The molecule has 176 valence electrons. The molecule has 3 aliphatic rings. The minimum absolute atomic E-state index is 0.0122. The number of rotatable bonds is 4. The SMILES string of the molecule is CN1CCC[C@H]1C(=O)Nc1ccc(-c2ccc3c(c2)CCc2[nH]c([C@@H]4CCCN4C)nc2-3)cc1. The summed E-state index contributed by atoms with van der Waals surface area (Å²) in [5.41, 5.74) is 8.28. The molecule has 2 aliphatic heterocycles. The van der Waals surface area contributed by atoms with Crippen LogP contribution in [0, 0.1) is 0 Å². The quantitative estimate of drug-likeness (QED) is 0.602. The van der Waals surface area contributed by atoms with Crippen LogP contribution in [0.15, 0.2) is 42.5 Å². The molecule has 6 rings (SSSR count). The monoisotopic (exact) mass is 455 g/mol. The van der Waals surface area contributed by atoms with E-state index < -0.39 is 0 Å². The first-order valence-corrected chi connectivity index (χ1v) is 12.6. The summed E-state index contributed by atoms with van der Waals surface area (Å²) in [5.74, 6) is 1.22. The minimum atomic E-state index is -0.0122. The molecule has 1 amide bonds. The highest BCUT2D eigenvalue weighted by molar-refractivity contribution is 5.95. The zero-order chi connectivity index (χ0) is 23.2. The van der Waals surface area contributed by atoms with Crippen molar-refractivity contribution in [1.82, 2.24) is 19.8 Å². The highest BCUT2D eigenvalue weighted by atomic mass is 16.2. The van der Waals surface area contributed by atoms with E-state index in [1.807, 2.05) is 19.2 Å². The molecule has 2 aromatic carbocycles. The fourth-order valence-electron chi connectivity index (χ4n) is 5.93. The van der Waals surface area contributed by atoms with Crippen molar-refractivity contribution in [1.29, 1.82) is 0 Å². The smallest absolute Gasteiger partial charge is 0.241 e. The summed E-state index contributed by atoms with van der Waals surface area (Å²) in [7, 11) is 4.22. The normalized spacial score (nSPS) is 22.5. The van der Waals surface area contributed by atoms with Crippen LogP contribution in [-0.4, -0.2) is 58.9 Å². The van der Waals surface area contributed by atoms with Gasteiger partial charge in [0.15, 0.2) is 0 Å². The Morgan fingerprint density at radius 2 is 1.74 bits per heavy atom. The zero-order valence-corrected chi connectivity index (χ0v) is 20.1. The van der Waals surface area contributed by atoms with Gasteiger partial charge in [-0.2, -0.15) is 0 Å². The topological polar surface area (TPSA) is 64.3 Å². The first-order valence-electron chi connectivity index (χ1n) is 12.6. The van der Waals surface area contributed by atoms with Gasteiger partial charge < -0.3 is 10.3 Å². The number of aromatic nitrogens is 2. The van der Waals surface area contributed by atoms with E-state index >= 15 is 0 Å². The Morgan fingerprint density at radius 1 is 0.971 bits per heavy atom. The Kier molecular flexibility index (Phi) is 5.50. The minimum Gasteiger partial charge on any atom is -0.344 e. The summed E-state index contributed by atoms with van der Waals surface area (Å²) in [6.45, 7) is 2.14. The van der Waals surface area contributed by atoms with E-state index in [1.54, 1.807) is 0 Å². The highest BCUT2D eigenvalue weighted by Crippen LogP contribution is 2.37. The number of amides is 1. The predicted octanol–water partition coefficient (Wildman–Crippen LogP) is 4.64. The van der Waals surface area contributed by atoms with Gasteiger partial charge in [-0.15, -0.1) is 0 Å². The number of nitrogens with zero attached hydrogens (tertiary/aromatic N) is 3. The second-order valence-electron chi connectivity index (χ2n) is 10.2. The fraction of sp³-hybridized carbons (Fsp3) is 0.429. The lowest BCUT2D eigenvalue weighted by molar-refractivity contribution is -0.119. The molecular weight excluding hydrogens is 422 g/mol. The maximum Gasteiger partial charge on any atom is 0.241 e. The van der Waals surface area contributed by atoms with Crippen LogP contribution in [0.3, 0.4) is 0 Å². The maximum atomic E-state index is 12.6. The summed E-state index contributed by atoms with van der Waals surface area (Å²) in [6, 6.07) is 15.4. The molecule has 34 heavy (non-hydrogen) atoms. The number of H-pyrrole nitrogens is 1. The number of carbonyl (C=O) groups excluding carboxylic acids is 1. The number of benzene rings is 2. The second-order valence-corrected chi connectivity index (χ2v) is 10.2. The number of likely N-dealkylation sites (tertiary alicyclic amines) is 2. The van der Waals surface area contributed by atoms with E-state index in [4.69, 9.17) is 4.98 Å². The van der Waals surface area contributed by atoms with E-state index in [2.05, 4.69) is 57.5 Å². The van der Waals surface area contributed by atoms with E-state index in [-0.39, 0.29) is 11.9 Å². The second kappa shape index (κ2) is 8.67. The van der Waals surface area contributed by atoms with Gasteiger partial charge >= 0.3 is 0 Å². The van der Waals surface area contributed by atoms with Crippen molar-refractivity contribution in [2.24, 2.45) is 0 Å². The van der Waals surface area contributed by atoms with Gasteiger partial charge in [0, 0.05) is 16.9 Å². The molecule has 6 heteroatoms. The predicted molar refractivity (Wildman–Crippen MR) is 136 cm³/mol. The van der Waals surface area contributed by atoms with Gasteiger partial charge in [-0.25, -0.2) is 4.98 Å². The molecule has 0 spiro atoms. The van der Waals surface area contributed by atoms with Crippen molar-refractivity contribution in [2.45, 2.75) is 50.6 Å². The average Bonchev–Trinajstić information content (AvgIpc) is 3.58. The Labute approximate surface area is 201 Å². The van der Waals surface area contributed by atoms with Gasteiger partial charge in [-0.3, -0.25) is 14.6 Å². The number of carbonyl (C=O) groups is 1. The van der Waals surface area contributed by atoms with E-state index in [1.165, 1.54) is 40.8 Å². The molecule has 0 saturated carbocycles. The summed E-state index contributed by atoms with van der Waals surface area (Å²) in [4.78, 5) is 25.8. The lowest BCUT2D eigenvalue weighted by Crippen LogP contribution is -2.37. The molecule has 2 saturated heterocycles. The number of fused-ring (bicyclic) bond motifs is 3. The van der Waals surface area contributed by atoms with Gasteiger partial charge in [0.2, 0.25) is 5.91 Å². The number of hydrogen-bond donors (Lipinski definition) is 2. The van der Waals surface area contributed by atoms with Crippen LogP contribution in [0.2, 0.25) is 0 Å². The molecule has 3 heterocycles. The molecular formula is C28H33N5O. The highest BCUT2D eigenvalue weighted by Gasteiger charge is 2.29. The van der Waals surface area contributed by atoms with E-state index in [9.17, 15) is 4.79 Å².